The van der Waals surface area contributed by atoms with Gasteiger partial charge in [-0.25, -0.2) is 4.98 Å². The number of aryl methyl sites for hydroxylation is 1. The van der Waals surface area contributed by atoms with Crippen molar-refractivity contribution < 1.29 is 4.79 Å². The van der Waals surface area contributed by atoms with Gasteiger partial charge in [0.1, 0.15) is 5.82 Å². The van der Waals surface area contributed by atoms with E-state index in [1.54, 1.807) is 0 Å². The maximum absolute atomic E-state index is 11.6. The molecule has 2 rings (SSSR count). The van der Waals surface area contributed by atoms with Crippen LogP contribution in [0.3, 0.4) is 0 Å². The molecule has 0 spiro atoms. The topological polar surface area (TPSA) is 72.9 Å². The van der Waals surface area contributed by atoms with Crippen LogP contribution in [0.15, 0.2) is 24.3 Å². The molecule has 0 saturated carbocycles. The number of nitrogens with two attached hydrogens (primary N) is 1. The smallest absolute Gasteiger partial charge is 0.220 e. The highest BCUT2D eigenvalue weighted by Gasteiger charge is 2.08. The highest BCUT2D eigenvalue weighted by molar-refractivity contribution is 5.85. The summed E-state index contributed by atoms with van der Waals surface area (Å²) in [5, 5.41) is 2.88. The van der Waals surface area contributed by atoms with E-state index in [0.717, 1.165) is 16.9 Å². The number of halogens is 2. The number of rotatable bonds is 5. The van der Waals surface area contributed by atoms with Crippen LogP contribution < -0.4 is 11.1 Å². The van der Waals surface area contributed by atoms with Crippen LogP contribution in [-0.4, -0.2) is 21.5 Å². The van der Waals surface area contributed by atoms with Gasteiger partial charge in [0, 0.05) is 19.5 Å². The predicted molar refractivity (Wildman–Crippen MR) is 89.9 cm³/mol. The van der Waals surface area contributed by atoms with Crippen molar-refractivity contribution in [3.05, 3.63) is 30.1 Å². The molecule has 3 N–H and O–H groups in total. The van der Waals surface area contributed by atoms with Gasteiger partial charge in [0.05, 0.1) is 17.6 Å². The van der Waals surface area contributed by atoms with Crippen LogP contribution in [-0.2, 0) is 18.4 Å². The number of para-hydroxylation sites is 2. The second-order valence-electron chi connectivity index (χ2n) is 4.87. The third-order valence-corrected chi connectivity index (χ3v) is 3.15. The first-order chi connectivity index (χ1) is 9.08. The minimum Gasteiger partial charge on any atom is -0.349 e. The van der Waals surface area contributed by atoms with Gasteiger partial charge in [-0.1, -0.05) is 12.1 Å². The molecule has 2 aromatic rings. The van der Waals surface area contributed by atoms with E-state index in [0.29, 0.717) is 19.4 Å². The lowest BCUT2D eigenvalue weighted by Crippen LogP contribution is -2.26. The van der Waals surface area contributed by atoms with Gasteiger partial charge in [0.15, 0.2) is 0 Å². The molecule has 1 aromatic heterocycles. The molecular weight excluding hydrogens is 311 g/mol. The molecule has 21 heavy (non-hydrogen) atoms. The molecule has 0 aliphatic rings. The van der Waals surface area contributed by atoms with E-state index in [1.807, 2.05) is 42.8 Å². The normalized spacial score (nSPS) is 11.4. The number of nitrogens with one attached hydrogen (secondary N) is 1. The van der Waals surface area contributed by atoms with Gasteiger partial charge in [-0.15, -0.1) is 24.8 Å². The Balaban J connectivity index is 0.00000200. The highest BCUT2D eigenvalue weighted by Crippen LogP contribution is 2.13. The molecule has 0 aliphatic carbocycles. The van der Waals surface area contributed by atoms with Crippen molar-refractivity contribution in [2.24, 2.45) is 12.8 Å². The van der Waals surface area contributed by atoms with E-state index in [2.05, 4.69) is 10.3 Å². The molecular formula is C14H22Cl2N4O. The van der Waals surface area contributed by atoms with Crippen LogP contribution in [0.25, 0.3) is 11.0 Å². The second-order valence-corrected chi connectivity index (χ2v) is 4.87. The maximum Gasteiger partial charge on any atom is 0.220 e. The van der Waals surface area contributed by atoms with E-state index in [-0.39, 0.29) is 36.8 Å². The summed E-state index contributed by atoms with van der Waals surface area (Å²) in [6, 6.07) is 7.98. The Kier molecular flexibility index (Phi) is 8.32. The zero-order valence-corrected chi connectivity index (χ0v) is 13.8. The molecule has 0 aliphatic heterocycles. The number of aromatic nitrogens is 2. The van der Waals surface area contributed by atoms with Crippen LogP contribution in [0, 0.1) is 0 Å². The minimum absolute atomic E-state index is 0. The number of carbonyl (C=O) groups is 1. The summed E-state index contributed by atoms with van der Waals surface area (Å²) in [7, 11) is 1.96. The molecule has 118 valence electrons. The van der Waals surface area contributed by atoms with Crippen LogP contribution >= 0.6 is 24.8 Å². The number of carbonyl (C=O) groups excluding carboxylic acids is 1. The third kappa shape index (κ3) is 5.19. The molecule has 7 heteroatoms. The maximum atomic E-state index is 11.6. The standard InChI is InChI=1S/C14H20N4O.2ClH/c1-10(15)7-8-14(19)16-9-13-17-11-5-3-4-6-12(11)18(13)2;;/h3-6,10H,7-9,15H2,1-2H3,(H,16,19);2*1H. The first-order valence-corrected chi connectivity index (χ1v) is 6.50. The Hall–Kier alpha value is -1.30. The summed E-state index contributed by atoms with van der Waals surface area (Å²) in [6.07, 6.45) is 1.16. The fourth-order valence-corrected chi connectivity index (χ4v) is 1.98. The summed E-state index contributed by atoms with van der Waals surface area (Å²) in [6.45, 7) is 2.35. The summed E-state index contributed by atoms with van der Waals surface area (Å²) < 4.78 is 2.00. The lowest BCUT2D eigenvalue weighted by molar-refractivity contribution is -0.121. The van der Waals surface area contributed by atoms with E-state index in [9.17, 15) is 4.79 Å². The van der Waals surface area contributed by atoms with E-state index in [1.165, 1.54) is 0 Å². The Labute approximate surface area is 137 Å². The van der Waals surface area contributed by atoms with Gasteiger partial charge in [0.2, 0.25) is 5.91 Å². The highest BCUT2D eigenvalue weighted by atomic mass is 35.5. The zero-order chi connectivity index (χ0) is 13.8. The average Bonchev–Trinajstić information content (AvgIpc) is 2.71. The number of benzene rings is 1. The SMILES string of the molecule is CC(N)CCC(=O)NCc1nc2ccccc2n1C.Cl.Cl. The van der Waals surface area contributed by atoms with E-state index < -0.39 is 0 Å². The van der Waals surface area contributed by atoms with E-state index in [4.69, 9.17) is 5.73 Å². The molecule has 1 unspecified atom stereocenters. The molecule has 0 fully saturated rings. The van der Waals surface area contributed by atoms with Crippen LogP contribution in [0.4, 0.5) is 0 Å². The molecule has 0 saturated heterocycles. The average molecular weight is 333 g/mol. The Bertz CT molecular complexity index is 583. The minimum atomic E-state index is 0. The lowest BCUT2D eigenvalue weighted by atomic mass is 10.2. The number of imidazole rings is 1. The molecule has 1 heterocycles. The molecule has 0 radical (unpaired) electrons. The van der Waals surface area contributed by atoms with Gasteiger partial charge < -0.3 is 15.6 Å². The Morgan fingerprint density at radius 1 is 1.38 bits per heavy atom. The van der Waals surface area contributed by atoms with Gasteiger partial charge >= 0.3 is 0 Å². The van der Waals surface area contributed by atoms with E-state index >= 15 is 0 Å². The van der Waals surface area contributed by atoms with Crippen LogP contribution in [0.2, 0.25) is 0 Å². The van der Waals surface area contributed by atoms with Crippen molar-refractivity contribution in [2.75, 3.05) is 0 Å². The molecule has 0 bridgehead atoms. The molecule has 5 nitrogen and oxygen atoms in total. The van der Waals surface area contributed by atoms with Crippen molar-refractivity contribution in [2.45, 2.75) is 32.4 Å². The Morgan fingerprint density at radius 2 is 2.05 bits per heavy atom. The molecule has 1 atom stereocenters. The zero-order valence-electron chi connectivity index (χ0n) is 12.2. The molecule has 1 aromatic carbocycles. The predicted octanol–water partition coefficient (Wildman–Crippen LogP) is 2.16. The lowest BCUT2D eigenvalue weighted by Gasteiger charge is -2.07. The van der Waals surface area contributed by atoms with Crippen molar-refractivity contribution in [1.82, 2.24) is 14.9 Å². The van der Waals surface area contributed by atoms with Gasteiger partial charge in [-0.05, 0) is 25.5 Å². The van der Waals surface area contributed by atoms with Crippen LogP contribution in [0.1, 0.15) is 25.6 Å². The van der Waals surface area contributed by atoms with Crippen molar-refractivity contribution >= 4 is 41.8 Å². The quantitative estimate of drug-likeness (QED) is 0.881. The Morgan fingerprint density at radius 3 is 2.67 bits per heavy atom. The molecule has 1 amide bonds. The third-order valence-electron chi connectivity index (χ3n) is 3.15. The fourth-order valence-electron chi connectivity index (χ4n) is 1.98. The first-order valence-electron chi connectivity index (χ1n) is 6.50. The number of hydrogen-bond donors (Lipinski definition) is 2. The van der Waals surface area contributed by atoms with Gasteiger partial charge in [-0.2, -0.15) is 0 Å². The number of hydrogen-bond acceptors (Lipinski definition) is 3. The fraction of sp³-hybridized carbons (Fsp3) is 0.429. The monoisotopic (exact) mass is 332 g/mol. The van der Waals surface area contributed by atoms with Crippen LogP contribution in [0.5, 0.6) is 0 Å². The van der Waals surface area contributed by atoms with Crippen molar-refractivity contribution in [1.29, 1.82) is 0 Å². The number of fused-ring (bicyclic) bond motifs is 1. The number of nitrogens with zero attached hydrogens (tertiary/aromatic N) is 2. The van der Waals surface area contributed by atoms with Gasteiger partial charge in [0.25, 0.3) is 0 Å². The largest absolute Gasteiger partial charge is 0.349 e. The number of amides is 1. The van der Waals surface area contributed by atoms with Gasteiger partial charge in [-0.3, -0.25) is 4.79 Å². The summed E-state index contributed by atoms with van der Waals surface area (Å²) in [5.41, 5.74) is 7.65. The summed E-state index contributed by atoms with van der Waals surface area (Å²) >= 11 is 0. The van der Waals surface area contributed by atoms with Crippen molar-refractivity contribution in [3.63, 3.8) is 0 Å². The second kappa shape index (κ2) is 8.87. The van der Waals surface area contributed by atoms with Crippen molar-refractivity contribution in [3.8, 4) is 0 Å². The summed E-state index contributed by atoms with van der Waals surface area (Å²) in [4.78, 5) is 16.1. The first kappa shape index (κ1) is 19.7. The summed E-state index contributed by atoms with van der Waals surface area (Å²) in [5.74, 6) is 0.875.